The molecule has 2 saturated heterocycles. The van der Waals surface area contributed by atoms with Crippen LogP contribution in [0.15, 0.2) is 76.9 Å². The van der Waals surface area contributed by atoms with E-state index >= 15 is 4.39 Å². The summed E-state index contributed by atoms with van der Waals surface area (Å²) in [6.07, 6.45) is 10.5. The van der Waals surface area contributed by atoms with Crippen molar-refractivity contribution in [3.05, 3.63) is 76.9 Å². The zero-order valence-electron chi connectivity index (χ0n) is 23.9. The molecule has 0 aromatic carbocycles. The number of rotatable bonds is 9. The monoisotopic (exact) mass is 522 g/mol. The average Bonchev–Trinajstić information content (AvgIpc) is 3.03. The Bertz CT molecular complexity index is 1070. The first-order chi connectivity index (χ1) is 17.9. The molecule has 1 unspecified atom stereocenters. The van der Waals surface area contributed by atoms with Gasteiger partial charge in [-0.2, -0.15) is 0 Å². The van der Waals surface area contributed by atoms with Crippen LogP contribution >= 0.6 is 0 Å². The Kier molecular flexibility index (Phi) is 10.0. The van der Waals surface area contributed by atoms with E-state index in [2.05, 4.69) is 44.6 Å². The van der Waals surface area contributed by atoms with Crippen molar-refractivity contribution in [1.29, 1.82) is 0 Å². The van der Waals surface area contributed by atoms with E-state index < -0.39 is 5.67 Å². The van der Waals surface area contributed by atoms with E-state index in [4.69, 9.17) is 11.5 Å². The zero-order valence-corrected chi connectivity index (χ0v) is 23.9. The lowest BCUT2D eigenvalue weighted by molar-refractivity contribution is -0.148. The third-order valence-corrected chi connectivity index (χ3v) is 8.38. The Labute approximate surface area is 229 Å². The van der Waals surface area contributed by atoms with E-state index in [-0.39, 0.29) is 24.7 Å². The summed E-state index contributed by atoms with van der Waals surface area (Å²) in [5.74, 6) is 0.644. The smallest absolute Gasteiger partial charge is 0.260 e. The molecule has 2 heterocycles. The van der Waals surface area contributed by atoms with E-state index in [1.54, 1.807) is 11.1 Å². The lowest BCUT2D eigenvalue weighted by atomic mass is 9.80. The maximum absolute atomic E-state index is 15.9. The van der Waals surface area contributed by atoms with Gasteiger partial charge in [-0.3, -0.25) is 9.69 Å². The largest absolute Gasteiger partial charge is 0.405 e. The fraction of sp³-hybridized carbons (Fsp3) is 0.562. The number of allylic oxidation sites excluding steroid dienone is 5. The molecule has 1 aliphatic carbocycles. The van der Waals surface area contributed by atoms with Gasteiger partial charge in [-0.05, 0) is 78.5 Å². The molecule has 0 bridgehead atoms. The number of carbonyl (C=O) groups is 1. The third-order valence-electron chi connectivity index (χ3n) is 8.38. The van der Waals surface area contributed by atoms with Crippen LogP contribution in [0.25, 0.3) is 0 Å². The standard InChI is InChI=1S/C32H47FN4O/c1-22(2)30(20-34)25(5)18-24(4)26(6)28-9-13-37(14-10-28)31(38)32(33)11-15-36(16-12-32)21-27-8-7-23(3)17-29(35)19-27/h7-8,19-20,22,25,28H,4,6,9-16,18,21,34-35H2,1-3,5H3/b30-20-. The fourth-order valence-corrected chi connectivity index (χ4v) is 5.97. The van der Waals surface area contributed by atoms with Crippen LogP contribution in [0.1, 0.15) is 59.8 Å². The molecule has 0 aromatic rings. The van der Waals surface area contributed by atoms with Crippen LogP contribution in [0, 0.1) is 17.8 Å². The molecule has 208 valence electrons. The van der Waals surface area contributed by atoms with E-state index in [0.717, 1.165) is 41.6 Å². The van der Waals surface area contributed by atoms with Crippen LogP contribution in [0.4, 0.5) is 4.39 Å². The summed E-state index contributed by atoms with van der Waals surface area (Å²) < 4.78 is 15.9. The fourth-order valence-electron chi connectivity index (χ4n) is 5.97. The Morgan fingerprint density at radius 2 is 1.82 bits per heavy atom. The lowest BCUT2D eigenvalue weighted by Gasteiger charge is -2.41. The van der Waals surface area contributed by atoms with Crippen LogP contribution in [0.3, 0.4) is 0 Å². The van der Waals surface area contributed by atoms with E-state index in [1.165, 1.54) is 5.57 Å². The highest BCUT2D eigenvalue weighted by Crippen LogP contribution is 2.35. The molecule has 3 aliphatic rings. The highest BCUT2D eigenvalue weighted by Gasteiger charge is 2.44. The minimum absolute atomic E-state index is 0.222. The van der Waals surface area contributed by atoms with Gasteiger partial charge < -0.3 is 16.4 Å². The second kappa shape index (κ2) is 12.8. The first-order valence-corrected chi connectivity index (χ1v) is 14.0. The number of piperidine rings is 2. The van der Waals surface area contributed by atoms with Crippen LogP contribution in [0.5, 0.6) is 0 Å². The molecule has 6 heteroatoms. The van der Waals surface area contributed by atoms with Crippen LogP contribution in [0.2, 0.25) is 0 Å². The molecule has 3 rings (SSSR count). The molecule has 1 amide bonds. The minimum atomic E-state index is -1.79. The van der Waals surface area contributed by atoms with Gasteiger partial charge in [-0.25, -0.2) is 4.39 Å². The van der Waals surface area contributed by atoms with Crippen LogP contribution < -0.4 is 11.5 Å². The van der Waals surface area contributed by atoms with Gasteiger partial charge in [-0.15, -0.1) is 0 Å². The molecule has 2 fully saturated rings. The first kappa shape index (κ1) is 29.7. The van der Waals surface area contributed by atoms with Gasteiger partial charge in [-0.1, -0.05) is 57.4 Å². The molecule has 0 spiro atoms. The normalized spacial score (nSPS) is 21.9. The molecular formula is C32H47FN4O. The molecule has 38 heavy (non-hydrogen) atoms. The second-order valence-corrected chi connectivity index (χ2v) is 11.7. The predicted molar refractivity (Wildman–Crippen MR) is 156 cm³/mol. The zero-order chi connectivity index (χ0) is 28.0. The summed E-state index contributed by atoms with van der Waals surface area (Å²) in [6.45, 7) is 20.0. The third kappa shape index (κ3) is 7.39. The summed E-state index contributed by atoms with van der Waals surface area (Å²) in [5.41, 5.74) is 19.2. The highest BCUT2D eigenvalue weighted by atomic mass is 19.1. The van der Waals surface area contributed by atoms with Gasteiger partial charge in [0.15, 0.2) is 5.67 Å². The molecule has 0 radical (unpaired) electrons. The minimum Gasteiger partial charge on any atom is -0.405 e. The summed E-state index contributed by atoms with van der Waals surface area (Å²) in [7, 11) is 0. The Hall–Kier alpha value is -2.82. The van der Waals surface area contributed by atoms with Gasteiger partial charge in [0.25, 0.3) is 5.91 Å². The van der Waals surface area contributed by atoms with Gasteiger partial charge in [0, 0.05) is 45.6 Å². The molecule has 5 nitrogen and oxygen atoms in total. The first-order valence-electron chi connectivity index (χ1n) is 14.0. The Balaban J connectivity index is 1.48. The SMILES string of the molecule is C=C(CC(C)/C(=C\N)C(C)C)C(=C)C1CCN(C(=O)C2(F)CCN(CC3=CC(N)=C=C(C)C=C3)CC2)CC1. The van der Waals surface area contributed by atoms with E-state index in [9.17, 15) is 4.79 Å². The van der Waals surface area contributed by atoms with Gasteiger partial charge in [0.05, 0.1) is 5.70 Å². The number of alkyl halides is 1. The lowest BCUT2D eigenvalue weighted by Crippen LogP contribution is -2.54. The van der Waals surface area contributed by atoms with Crippen molar-refractivity contribution in [2.45, 2.75) is 65.5 Å². The molecule has 1 atom stereocenters. The average molecular weight is 523 g/mol. The van der Waals surface area contributed by atoms with E-state index in [0.29, 0.717) is 50.3 Å². The van der Waals surface area contributed by atoms with Crippen molar-refractivity contribution in [3.63, 3.8) is 0 Å². The van der Waals surface area contributed by atoms with Crippen molar-refractivity contribution in [3.8, 4) is 0 Å². The van der Waals surface area contributed by atoms with Crippen molar-refractivity contribution < 1.29 is 9.18 Å². The number of halogens is 1. The number of nitrogens with two attached hydrogens (primary N) is 2. The second-order valence-electron chi connectivity index (χ2n) is 11.7. The van der Waals surface area contributed by atoms with Crippen LogP contribution in [-0.2, 0) is 4.79 Å². The number of carbonyl (C=O) groups excluding carboxylic acids is 1. The van der Waals surface area contributed by atoms with E-state index in [1.807, 2.05) is 25.2 Å². The highest BCUT2D eigenvalue weighted by molar-refractivity contribution is 5.85. The molecule has 0 aromatic heterocycles. The van der Waals surface area contributed by atoms with Gasteiger partial charge in [0.2, 0.25) is 0 Å². The maximum atomic E-state index is 15.9. The number of amides is 1. The number of likely N-dealkylation sites (tertiary alicyclic amines) is 2. The van der Waals surface area contributed by atoms with Crippen molar-refractivity contribution in [1.82, 2.24) is 9.80 Å². The summed E-state index contributed by atoms with van der Waals surface area (Å²) in [4.78, 5) is 17.2. The summed E-state index contributed by atoms with van der Waals surface area (Å²) in [5, 5.41) is 0. The van der Waals surface area contributed by atoms with Gasteiger partial charge in [0.1, 0.15) is 0 Å². The molecular weight excluding hydrogens is 475 g/mol. The maximum Gasteiger partial charge on any atom is 0.260 e. The summed E-state index contributed by atoms with van der Waals surface area (Å²) >= 11 is 0. The van der Waals surface area contributed by atoms with Crippen LogP contribution in [-0.4, -0.2) is 54.1 Å². The molecule has 2 aliphatic heterocycles. The number of nitrogens with zero attached hydrogens (tertiary/aromatic N) is 2. The Morgan fingerprint density at radius 1 is 1.18 bits per heavy atom. The quantitative estimate of drug-likeness (QED) is 0.308. The number of hydrogen-bond acceptors (Lipinski definition) is 4. The molecule has 4 N–H and O–H groups in total. The topological polar surface area (TPSA) is 75.6 Å². The number of hydrogen-bond donors (Lipinski definition) is 2. The van der Waals surface area contributed by atoms with Crippen molar-refractivity contribution in [2.75, 3.05) is 32.7 Å². The van der Waals surface area contributed by atoms with Crippen molar-refractivity contribution >= 4 is 5.91 Å². The summed E-state index contributed by atoms with van der Waals surface area (Å²) in [6, 6.07) is 0. The van der Waals surface area contributed by atoms with Gasteiger partial charge >= 0.3 is 0 Å². The van der Waals surface area contributed by atoms with Crippen molar-refractivity contribution in [2.24, 2.45) is 29.2 Å². The predicted octanol–water partition coefficient (Wildman–Crippen LogP) is 5.55. The molecule has 0 saturated carbocycles. The Morgan fingerprint density at radius 3 is 2.39 bits per heavy atom.